The highest BCUT2D eigenvalue weighted by Crippen LogP contribution is 2.38. The number of aryl methyl sites for hydroxylation is 1. The topological polar surface area (TPSA) is 64.3 Å². The molecular formula is C29H32FN5O2. The van der Waals surface area contributed by atoms with Crippen molar-refractivity contribution in [2.75, 3.05) is 19.8 Å². The molecule has 8 heteroatoms. The Bertz CT molecular complexity index is 1360. The molecule has 1 N–H and O–H groups in total. The number of carbonyl (C=O) groups is 1. The van der Waals surface area contributed by atoms with E-state index in [9.17, 15) is 9.18 Å². The molecule has 2 amide bonds. The van der Waals surface area contributed by atoms with E-state index < -0.39 is 6.04 Å². The van der Waals surface area contributed by atoms with E-state index in [1.165, 1.54) is 12.1 Å². The van der Waals surface area contributed by atoms with Crippen molar-refractivity contribution in [3.05, 3.63) is 101 Å². The van der Waals surface area contributed by atoms with Crippen molar-refractivity contribution in [2.45, 2.75) is 39.3 Å². The highest BCUT2D eigenvalue weighted by atomic mass is 19.1. The molecule has 1 aliphatic heterocycles. The maximum Gasteiger partial charge on any atom is 0.318 e. The van der Waals surface area contributed by atoms with Gasteiger partial charge in [0.1, 0.15) is 11.6 Å². The molecule has 0 radical (unpaired) electrons. The Hall–Kier alpha value is -3.91. The normalized spacial score (nSPS) is 14.7. The summed E-state index contributed by atoms with van der Waals surface area (Å²) in [5, 5.41) is 8.02. The number of amides is 2. The Morgan fingerprint density at radius 1 is 1.11 bits per heavy atom. The first-order valence-corrected chi connectivity index (χ1v) is 12.8. The van der Waals surface area contributed by atoms with E-state index >= 15 is 0 Å². The molecular weight excluding hydrogens is 469 g/mol. The minimum absolute atomic E-state index is 0.208. The molecule has 1 aliphatic rings. The fourth-order valence-electron chi connectivity index (χ4n) is 4.99. The van der Waals surface area contributed by atoms with Crippen molar-refractivity contribution < 1.29 is 13.9 Å². The van der Waals surface area contributed by atoms with Crippen molar-refractivity contribution in [1.29, 1.82) is 0 Å². The lowest BCUT2D eigenvalue weighted by Gasteiger charge is -2.31. The van der Waals surface area contributed by atoms with Gasteiger partial charge in [0.15, 0.2) is 0 Å². The van der Waals surface area contributed by atoms with Gasteiger partial charge in [-0.2, -0.15) is 5.10 Å². The van der Waals surface area contributed by atoms with Gasteiger partial charge < -0.3 is 19.5 Å². The largest absolute Gasteiger partial charge is 0.382 e. The summed E-state index contributed by atoms with van der Waals surface area (Å²) < 4.78 is 23.9. The van der Waals surface area contributed by atoms with Crippen LogP contribution in [0.25, 0.3) is 11.5 Å². The predicted octanol–water partition coefficient (Wildman–Crippen LogP) is 5.41. The van der Waals surface area contributed by atoms with Crippen LogP contribution in [0.15, 0.2) is 72.9 Å². The SMILES string of the molecule is CCOCCCNC(=O)N1Cc2c(CC)nn(-c3ccccc3)c2-n2cccc2[C@@H]1c1cccc(F)c1. The molecule has 3 heterocycles. The maximum atomic E-state index is 14.4. The summed E-state index contributed by atoms with van der Waals surface area (Å²) in [6, 6.07) is 19.8. The molecule has 0 spiro atoms. The number of urea groups is 1. The fraction of sp³-hybridized carbons (Fsp3) is 0.310. The van der Waals surface area contributed by atoms with Crippen LogP contribution in [-0.2, 0) is 17.7 Å². The van der Waals surface area contributed by atoms with Gasteiger partial charge in [0.25, 0.3) is 0 Å². The quantitative estimate of drug-likeness (QED) is 0.329. The lowest BCUT2D eigenvalue weighted by atomic mass is 10.0. The molecule has 0 unspecified atom stereocenters. The number of nitrogens with zero attached hydrogens (tertiary/aromatic N) is 4. The predicted molar refractivity (Wildman–Crippen MR) is 141 cm³/mol. The third kappa shape index (κ3) is 4.89. The zero-order valence-corrected chi connectivity index (χ0v) is 21.2. The second-order valence-corrected chi connectivity index (χ2v) is 9.02. The van der Waals surface area contributed by atoms with Crippen LogP contribution in [0.4, 0.5) is 9.18 Å². The number of aromatic nitrogens is 3. The van der Waals surface area contributed by atoms with Crippen LogP contribution >= 0.6 is 0 Å². The number of benzene rings is 2. The third-order valence-electron chi connectivity index (χ3n) is 6.68. The van der Waals surface area contributed by atoms with Crippen LogP contribution in [0.5, 0.6) is 0 Å². The van der Waals surface area contributed by atoms with Gasteiger partial charge in [0.05, 0.1) is 29.7 Å². The van der Waals surface area contributed by atoms with Crippen LogP contribution in [0.1, 0.15) is 48.8 Å². The number of hydrogen-bond acceptors (Lipinski definition) is 3. The zero-order chi connectivity index (χ0) is 25.8. The Morgan fingerprint density at radius 3 is 2.70 bits per heavy atom. The van der Waals surface area contributed by atoms with Crippen LogP contribution in [0.3, 0.4) is 0 Å². The van der Waals surface area contributed by atoms with E-state index in [4.69, 9.17) is 9.84 Å². The number of nitrogens with one attached hydrogen (secondary N) is 1. The molecule has 1 atom stereocenters. The molecule has 37 heavy (non-hydrogen) atoms. The molecule has 0 aliphatic carbocycles. The smallest absolute Gasteiger partial charge is 0.318 e. The molecule has 2 aromatic heterocycles. The molecule has 0 bridgehead atoms. The average Bonchev–Trinajstić information content (AvgIpc) is 3.50. The Balaban J connectivity index is 1.64. The Labute approximate surface area is 216 Å². The van der Waals surface area contributed by atoms with Gasteiger partial charge in [0, 0.05) is 31.5 Å². The van der Waals surface area contributed by atoms with Crippen molar-refractivity contribution in [1.82, 2.24) is 24.6 Å². The van der Waals surface area contributed by atoms with Gasteiger partial charge in [-0.25, -0.2) is 13.9 Å². The van der Waals surface area contributed by atoms with Crippen LogP contribution in [-0.4, -0.2) is 45.0 Å². The second kappa shape index (κ2) is 11.0. The minimum Gasteiger partial charge on any atom is -0.382 e. The molecule has 0 fully saturated rings. The summed E-state index contributed by atoms with van der Waals surface area (Å²) in [5.74, 6) is 0.565. The van der Waals surface area contributed by atoms with Gasteiger partial charge in [-0.05, 0) is 61.7 Å². The van der Waals surface area contributed by atoms with Crippen LogP contribution in [0, 0.1) is 5.82 Å². The number of ether oxygens (including phenoxy) is 1. The van der Waals surface area contributed by atoms with Gasteiger partial charge in [0.2, 0.25) is 0 Å². The summed E-state index contributed by atoms with van der Waals surface area (Å²) in [7, 11) is 0. The standard InChI is InChI=1S/C29H32FN5O2/c1-3-25-24-20-34(29(36)31-16-10-18-37-4-2)27(21-11-8-12-22(30)19-21)26-15-9-17-33(26)28(24)35(32-25)23-13-6-5-7-14-23/h5-9,11-15,17,19,27H,3-4,10,16,18,20H2,1-2H3,(H,31,36)/t27-/m0/s1. The van der Waals surface area contributed by atoms with Gasteiger partial charge in [-0.3, -0.25) is 0 Å². The van der Waals surface area contributed by atoms with Gasteiger partial charge in [-0.15, -0.1) is 0 Å². The molecule has 7 nitrogen and oxygen atoms in total. The highest BCUT2D eigenvalue weighted by Gasteiger charge is 2.36. The van der Waals surface area contributed by atoms with Crippen molar-refractivity contribution in [2.24, 2.45) is 0 Å². The number of halogens is 1. The number of hydrogen-bond donors (Lipinski definition) is 1. The lowest BCUT2D eigenvalue weighted by molar-refractivity contribution is 0.143. The Kier molecular flexibility index (Phi) is 7.37. The molecule has 5 rings (SSSR count). The van der Waals surface area contributed by atoms with E-state index in [1.807, 2.05) is 66.3 Å². The summed E-state index contributed by atoms with van der Waals surface area (Å²) in [6.45, 7) is 6.08. The number of para-hydroxylation sites is 1. The van der Waals surface area contributed by atoms with Crippen molar-refractivity contribution in [3.63, 3.8) is 0 Å². The monoisotopic (exact) mass is 501 g/mol. The lowest BCUT2D eigenvalue weighted by Crippen LogP contribution is -2.42. The zero-order valence-electron chi connectivity index (χ0n) is 21.2. The van der Waals surface area contributed by atoms with Gasteiger partial charge >= 0.3 is 6.03 Å². The number of fused-ring (bicyclic) bond motifs is 3. The Morgan fingerprint density at radius 2 is 1.95 bits per heavy atom. The maximum absolute atomic E-state index is 14.4. The molecule has 192 valence electrons. The molecule has 4 aromatic rings. The van der Waals surface area contributed by atoms with E-state index in [0.29, 0.717) is 44.7 Å². The van der Waals surface area contributed by atoms with E-state index in [2.05, 4.69) is 16.8 Å². The summed E-state index contributed by atoms with van der Waals surface area (Å²) in [5.41, 5.74) is 4.43. The molecule has 0 saturated carbocycles. The second-order valence-electron chi connectivity index (χ2n) is 9.02. The first kappa shape index (κ1) is 24.8. The average molecular weight is 502 g/mol. The first-order chi connectivity index (χ1) is 18.1. The van der Waals surface area contributed by atoms with E-state index in [-0.39, 0.29) is 11.8 Å². The fourth-order valence-corrected chi connectivity index (χ4v) is 4.99. The van der Waals surface area contributed by atoms with E-state index in [0.717, 1.165) is 28.5 Å². The van der Waals surface area contributed by atoms with Crippen molar-refractivity contribution >= 4 is 6.03 Å². The van der Waals surface area contributed by atoms with Crippen LogP contribution < -0.4 is 5.32 Å². The summed E-state index contributed by atoms with van der Waals surface area (Å²) in [4.78, 5) is 15.5. The molecule has 2 aromatic carbocycles. The van der Waals surface area contributed by atoms with E-state index in [1.54, 1.807) is 11.0 Å². The van der Waals surface area contributed by atoms with Crippen LogP contribution in [0.2, 0.25) is 0 Å². The van der Waals surface area contributed by atoms with Crippen molar-refractivity contribution in [3.8, 4) is 11.5 Å². The first-order valence-electron chi connectivity index (χ1n) is 12.8. The minimum atomic E-state index is -0.487. The van der Waals surface area contributed by atoms with Gasteiger partial charge in [-0.1, -0.05) is 37.3 Å². The third-order valence-corrected chi connectivity index (χ3v) is 6.68. The number of rotatable bonds is 8. The molecule has 0 saturated heterocycles. The highest BCUT2D eigenvalue weighted by molar-refractivity contribution is 5.76. The number of carbonyl (C=O) groups excluding carboxylic acids is 1. The summed E-state index contributed by atoms with van der Waals surface area (Å²) >= 11 is 0. The summed E-state index contributed by atoms with van der Waals surface area (Å²) in [6.07, 6.45) is 3.42.